The number of amides is 1. The summed E-state index contributed by atoms with van der Waals surface area (Å²) in [6, 6.07) is 12.3. The highest BCUT2D eigenvalue weighted by Gasteiger charge is 2.53. The van der Waals surface area contributed by atoms with Crippen molar-refractivity contribution in [3.63, 3.8) is 0 Å². The number of benzene rings is 2. The Morgan fingerprint density at radius 2 is 2.06 bits per heavy atom. The number of hydrogen-bond donors (Lipinski definition) is 2. The van der Waals surface area contributed by atoms with E-state index in [1.807, 2.05) is 23.1 Å². The molecule has 31 heavy (non-hydrogen) atoms. The molecule has 1 saturated heterocycles. The molecule has 162 valence electrons. The third-order valence-corrected chi connectivity index (χ3v) is 6.72. The molecule has 0 saturated carbocycles. The van der Waals surface area contributed by atoms with Gasteiger partial charge in [0.25, 0.3) is 0 Å². The van der Waals surface area contributed by atoms with Gasteiger partial charge in [-0.2, -0.15) is 0 Å². The van der Waals surface area contributed by atoms with E-state index in [0.717, 1.165) is 27.9 Å². The maximum absolute atomic E-state index is 13.8. The summed E-state index contributed by atoms with van der Waals surface area (Å²) in [6.07, 6.45) is 0. The lowest BCUT2D eigenvalue weighted by Crippen LogP contribution is -2.67. The number of carbonyl (C=O) groups excluding carboxylic acids is 1. The number of H-pyrrole nitrogens is 1. The standard InChI is InChI=1S/C24H26FN3O3/c1-15(30)28-13-24(14-28)12-27(10-16-4-3-5-17(25)8-16)21(11-29)23-22(24)19-7-6-18(31-2)9-20(19)26-23/h3-9,21,26,29H,10-14H2,1-2H3/t21-/m1/s1. The van der Waals surface area contributed by atoms with Gasteiger partial charge in [-0.1, -0.05) is 12.1 Å². The third kappa shape index (κ3) is 3.20. The first-order valence-corrected chi connectivity index (χ1v) is 10.5. The van der Waals surface area contributed by atoms with Crippen LogP contribution >= 0.6 is 0 Å². The van der Waals surface area contributed by atoms with Crippen molar-refractivity contribution in [2.45, 2.75) is 24.9 Å². The van der Waals surface area contributed by atoms with Crippen LogP contribution in [0.5, 0.6) is 5.75 Å². The van der Waals surface area contributed by atoms with Crippen LogP contribution in [-0.4, -0.2) is 59.1 Å². The van der Waals surface area contributed by atoms with Crippen LogP contribution in [0.4, 0.5) is 4.39 Å². The molecule has 1 amide bonds. The zero-order valence-corrected chi connectivity index (χ0v) is 17.7. The van der Waals surface area contributed by atoms with E-state index in [4.69, 9.17) is 4.74 Å². The van der Waals surface area contributed by atoms with Gasteiger partial charge in [0.2, 0.25) is 5.91 Å². The lowest BCUT2D eigenvalue weighted by Gasteiger charge is -2.56. The third-order valence-electron chi connectivity index (χ3n) is 6.72. The molecule has 1 spiro atoms. The van der Waals surface area contributed by atoms with Gasteiger partial charge in [-0.25, -0.2) is 4.39 Å². The van der Waals surface area contributed by atoms with Gasteiger partial charge in [0.1, 0.15) is 11.6 Å². The predicted octanol–water partition coefficient (Wildman–Crippen LogP) is 2.96. The van der Waals surface area contributed by atoms with Gasteiger partial charge in [-0.15, -0.1) is 0 Å². The Morgan fingerprint density at radius 3 is 2.74 bits per heavy atom. The molecule has 7 heteroatoms. The number of carbonyl (C=O) groups is 1. The van der Waals surface area contributed by atoms with Gasteiger partial charge in [0, 0.05) is 61.2 Å². The van der Waals surface area contributed by atoms with Crippen LogP contribution in [0.2, 0.25) is 0 Å². The molecule has 1 atom stereocenters. The van der Waals surface area contributed by atoms with Gasteiger partial charge >= 0.3 is 0 Å². The Kier molecular flexibility index (Phi) is 4.75. The molecule has 2 aliphatic rings. The zero-order valence-electron chi connectivity index (χ0n) is 17.7. The lowest BCUT2D eigenvalue weighted by atomic mass is 9.68. The summed E-state index contributed by atoms with van der Waals surface area (Å²) in [5, 5.41) is 11.4. The van der Waals surface area contributed by atoms with Crippen LogP contribution in [0, 0.1) is 5.82 Å². The number of nitrogens with zero attached hydrogens (tertiary/aromatic N) is 2. The van der Waals surface area contributed by atoms with Crippen molar-refractivity contribution in [3.8, 4) is 5.75 Å². The predicted molar refractivity (Wildman–Crippen MR) is 115 cm³/mol. The van der Waals surface area contributed by atoms with Crippen LogP contribution in [0.3, 0.4) is 0 Å². The molecule has 2 aromatic carbocycles. The molecule has 3 heterocycles. The second kappa shape index (κ2) is 7.35. The maximum Gasteiger partial charge on any atom is 0.219 e. The summed E-state index contributed by atoms with van der Waals surface area (Å²) in [5.41, 5.74) is 3.73. The molecule has 1 fully saturated rings. The molecule has 0 bridgehead atoms. The fourth-order valence-electron chi connectivity index (χ4n) is 5.31. The molecule has 6 nitrogen and oxygen atoms in total. The first-order chi connectivity index (χ1) is 14.9. The smallest absolute Gasteiger partial charge is 0.219 e. The van der Waals surface area contributed by atoms with Gasteiger partial charge in [-0.3, -0.25) is 9.69 Å². The highest BCUT2D eigenvalue weighted by Crippen LogP contribution is 2.48. The quantitative estimate of drug-likeness (QED) is 0.677. The molecular formula is C24H26FN3O3. The molecule has 0 aliphatic carbocycles. The van der Waals surface area contributed by atoms with Crippen molar-refractivity contribution < 1.29 is 19.0 Å². The minimum Gasteiger partial charge on any atom is -0.497 e. The van der Waals surface area contributed by atoms with Gasteiger partial charge in [0.15, 0.2) is 0 Å². The van der Waals surface area contributed by atoms with Gasteiger partial charge in [-0.05, 0) is 35.4 Å². The largest absolute Gasteiger partial charge is 0.497 e. The van der Waals surface area contributed by atoms with Crippen molar-refractivity contribution in [2.75, 3.05) is 33.4 Å². The number of ether oxygens (including phenoxy) is 1. The Hall–Kier alpha value is -2.90. The minimum atomic E-state index is -0.269. The molecule has 0 radical (unpaired) electrons. The van der Waals surface area contributed by atoms with E-state index in [0.29, 0.717) is 26.2 Å². The van der Waals surface area contributed by atoms with Crippen LogP contribution in [-0.2, 0) is 16.8 Å². The summed E-state index contributed by atoms with van der Waals surface area (Å²) < 4.78 is 19.2. The Labute approximate surface area is 180 Å². The van der Waals surface area contributed by atoms with E-state index < -0.39 is 0 Å². The van der Waals surface area contributed by atoms with Crippen molar-refractivity contribution in [1.29, 1.82) is 0 Å². The number of aliphatic hydroxyl groups is 1. The summed E-state index contributed by atoms with van der Waals surface area (Å²) in [4.78, 5) is 19.6. The minimum absolute atomic E-state index is 0.0568. The van der Waals surface area contributed by atoms with Crippen LogP contribution in [0.25, 0.3) is 10.9 Å². The number of halogens is 1. The average molecular weight is 423 g/mol. The van der Waals surface area contributed by atoms with Gasteiger partial charge in [0.05, 0.1) is 19.8 Å². The number of methoxy groups -OCH3 is 1. The second-order valence-electron chi connectivity index (χ2n) is 8.71. The number of hydrogen-bond acceptors (Lipinski definition) is 4. The Balaban J connectivity index is 1.61. The second-order valence-corrected chi connectivity index (χ2v) is 8.71. The average Bonchev–Trinajstić information content (AvgIpc) is 3.10. The van der Waals surface area contributed by atoms with E-state index in [1.165, 1.54) is 17.7 Å². The number of nitrogens with one attached hydrogen (secondary N) is 1. The first-order valence-electron chi connectivity index (χ1n) is 10.5. The fraction of sp³-hybridized carbons (Fsp3) is 0.375. The normalized spacial score (nSPS) is 20.0. The molecule has 2 aliphatic heterocycles. The summed E-state index contributed by atoms with van der Waals surface area (Å²) in [6.45, 7) is 4.00. The summed E-state index contributed by atoms with van der Waals surface area (Å²) in [5.74, 6) is 0.556. The molecule has 2 N–H and O–H groups in total. The van der Waals surface area contributed by atoms with Crippen LogP contribution in [0.1, 0.15) is 29.8 Å². The van der Waals surface area contributed by atoms with Crippen LogP contribution < -0.4 is 4.74 Å². The number of aromatic nitrogens is 1. The van der Waals surface area contributed by atoms with E-state index in [9.17, 15) is 14.3 Å². The zero-order chi connectivity index (χ0) is 21.8. The van der Waals surface area contributed by atoms with Crippen molar-refractivity contribution >= 4 is 16.8 Å². The van der Waals surface area contributed by atoms with Gasteiger partial charge < -0.3 is 19.7 Å². The van der Waals surface area contributed by atoms with E-state index >= 15 is 0 Å². The number of aliphatic hydroxyl groups excluding tert-OH is 1. The number of likely N-dealkylation sites (tertiary alicyclic amines) is 1. The lowest BCUT2D eigenvalue weighted by molar-refractivity contribution is -0.138. The molecule has 1 aromatic heterocycles. The summed E-state index contributed by atoms with van der Waals surface area (Å²) in [7, 11) is 1.64. The number of aromatic amines is 1. The SMILES string of the molecule is COc1ccc2c3c([nH]c2c1)[C@@H](CO)N(Cc1cccc(F)c1)CC31CN(C(C)=O)C1. The monoisotopic (exact) mass is 423 g/mol. The molecule has 3 aromatic rings. The van der Waals surface area contributed by atoms with Crippen molar-refractivity contribution in [2.24, 2.45) is 0 Å². The number of rotatable bonds is 4. The van der Waals surface area contributed by atoms with Crippen molar-refractivity contribution in [3.05, 3.63) is 65.1 Å². The van der Waals surface area contributed by atoms with E-state index in [2.05, 4.69) is 16.0 Å². The molecular weight excluding hydrogens is 397 g/mol. The topological polar surface area (TPSA) is 68.8 Å². The first kappa shape index (κ1) is 20.0. The molecule has 5 rings (SSSR count). The van der Waals surface area contributed by atoms with E-state index in [-0.39, 0.29) is 29.8 Å². The van der Waals surface area contributed by atoms with Crippen LogP contribution in [0.15, 0.2) is 42.5 Å². The highest BCUT2D eigenvalue weighted by molar-refractivity contribution is 5.88. The maximum atomic E-state index is 13.8. The number of fused-ring (bicyclic) bond motifs is 4. The highest BCUT2D eigenvalue weighted by atomic mass is 19.1. The molecule has 0 unspecified atom stereocenters. The van der Waals surface area contributed by atoms with E-state index in [1.54, 1.807) is 20.1 Å². The van der Waals surface area contributed by atoms with Crippen molar-refractivity contribution in [1.82, 2.24) is 14.8 Å². The summed E-state index contributed by atoms with van der Waals surface area (Å²) >= 11 is 0. The Bertz CT molecular complexity index is 1150. The fourth-order valence-corrected chi connectivity index (χ4v) is 5.31. The Morgan fingerprint density at radius 1 is 1.26 bits per heavy atom.